The van der Waals surface area contributed by atoms with Gasteiger partial charge in [0.25, 0.3) is 0 Å². The molecule has 0 N–H and O–H groups in total. The van der Waals surface area contributed by atoms with Crippen LogP contribution in [0.25, 0.3) is 0 Å². The quantitative estimate of drug-likeness (QED) is 0.503. The molecule has 78 valence electrons. The van der Waals surface area contributed by atoms with Crippen molar-refractivity contribution in [1.82, 2.24) is 0 Å². The summed E-state index contributed by atoms with van der Waals surface area (Å²) in [5, 5.41) is 0. The first kappa shape index (κ1) is 11.1. The second-order valence-electron chi connectivity index (χ2n) is 4.89. The van der Waals surface area contributed by atoms with Gasteiger partial charge in [-0.3, -0.25) is 0 Å². The molecule has 0 bridgehead atoms. The highest BCUT2D eigenvalue weighted by atomic mass is 14.4. The van der Waals surface area contributed by atoms with Crippen molar-refractivity contribution in [3.63, 3.8) is 0 Å². The summed E-state index contributed by atoms with van der Waals surface area (Å²) in [5.41, 5.74) is 0. The van der Waals surface area contributed by atoms with E-state index in [-0.39, 0.29) is 0 Å². The first-order valence-corrected chi connectivity index (χ1v) is 6.29. The Bertz CT molecular complexity index is 128. The highest BCUT2D eigenvalue weighted by molar-refractivity contribution is 4.88. The predicted molar refractivity (Wildman–Crippen MR) is 59.8 cm³/mol. The number of hydrogen-bond acceptors (Lipinski definition) is 0. The van der Waals surface area contributed by atoms with E-state index in [1.807, 2.05) is 0 Å². The molecule has 0 heteroatoms. The van der Waals surface area contributed by atoms with E-state index in [1.54, 1.807) is 6.42 Å². The first-order chi connectivity index (χ1) is 6.29. The minimum Gasteiger partial charge on any atom is -0.0654 e. The molecular formula is C13H26. The maximum atomic E-state index is 2.43. The summed E-state index contributed by atoms with van der Waals surface area (Å²) in [4.78, 5) is 0. The summed E-state index contributed by atoms with van der Waals surface area (Å²) < 4.78 is 0. The van der Waals surface area contributed by atoms with Gasteiger partial charge in [0.1, 0.15) is 0 Å². The molecule has 3 unspecified atom stereocenters. The van der Waals surface area contributed by atoms with Crippen LogP contribution in [-0.2, 0) is 0 Å². The summed E-state index contributed by atoms with van der Waals surface area (Å²) >= 11 is 0. The van der Waals surface area contributed by atoms with Crippen molar-refractivity contribution in [2.24, 2.45) is 17.8 Å². The third-order valence-corrected chi connectivity index (χ3v) is 3.78. The van der Waals surface area contributed by atoms with Crippen LogP contribution in [-0.4, -0.2) is 0 Å². The van der Waals surface area contributed by atoms with Crippen LogP contribution in [0.5, 0.6) is 0 Å². The lowest BCUT2D eigenvalue weighted by atomic mass is 9.99. The third-order valence-electron chi connectivity index (χ3n) is 3.78. The molecule has 0 saturated heterocycles. The van der Waals surface area contributed by atoms with Crippen LogP contribution in [0.4, 0.5) is 0 Å². The summed E-state index contributed by atoms with van der Waals surface area (Å²) in [7, 11) is 0. The molecule has 0 amide bonds. The van der Waals surface area contributed by atoms with Crippen LogP contribution in [0, 0.1) is 17.8 Å². The topological polar surface area (TPSA) is 0 Å². The third kappa shape index (κ3) is 3.70. The lowest BCUT2D eigenvalue weighted by molar-refractivity contribution is 0.443. The standard InChI is InChI=1S/C13H26/c1-4-6-7-8-9-12-10-13(12)11(3)5-2/h11-13H,4-10H2,1-3H3. The molecule has 0 aromatic rings. The van der Waals surface area contributed by atoms with Crippen molar-refractivity contribution < 1.29 is 0 Å². The van der Waals surface area contributed by atoms with Crippen LogP contribution < -0.4 is 0 Å². The van der Waals surface area contributed by atoms with Gasteiger partial charge in [-0.25, -0.2) is 0 Å². The number of rotatable bonds is 7. The van der Waals surface area contributed by atoms with E-state index < -0.39 is 0 Å². The molecule has 0 aliphatic heterocycles. The fraction of sp³-hybridized carbons (Fsp3) is 1.00. The van der Waals surface area contributed by atoms with Crippen molar-refractivity contribution in [3.8, 4) is 0 Å². The summed E-state index contributed by atoms with van der Waals surface area (Å²) in [6.45, 7) is 7.05. The van der Waals surface area contributed by atoms with Gasteiger partial charge in [0, 0.05) is 0 Å². The van der Waals surface area contributed by atoms with Gasteiger partial charge in [-0.2, -0.15) is 0 Å². The van der Waals surface area contributed by atoms with Gasteiger partial charge in [0.05, 0.1) is 0 Å². The first-order valence-electron chi connectivity index (χ1n) is 6.29. The Labute approximate surface area is 84.1 Å². The van der Waals surface area contributed by atoms with Gasteiger partial charge in [-0.05, 0) is 24.2 Å². The van der Waals surface area contributed by atoms with Crippen molar-refractivity contribution in [2.75, 3.05) is 0 Å². The van der Waals surface area contributed by atoms with Crippen LogP contribution in [0.1, 0.15) is 65.7 Å². The van der Waals surface area contributed by atoms with E-state index in [0.717, 1.165) is 17.8 Å². The normalized spacial score (nSPS) is 28.8. The molecule has 0 nitrogen and oxygen atoms in total. The minimum absolute atomic E-state index is 0.996. The zero-order chi connectivity index (χ0) is 9.68. The second kappa shape index (κ2) is 5.67. The van der Waals surface area contributed by atoms with Crippen molar-refractivity contribution in [3.05, 3.63) is 0 Å². The molecule has 13 heavy (non-hydrogen) atoms. The molecule has 1 rings (SSSR count). The predicted octanol–water partition coefficient (Wildman–Crippen LogP) is 4.64. The smallest absolute Gasteiger partial charge is 0.0357 e. The lowest BCUT2D eigenvalue weighted by Gasteiger charge is -2.06. The molecule has 0 aromatic heterocycles. The van der Waals surface area contributed by atoms with Crippen LogP contribution >= 0.6 is 0 Å². The summed E-state index contributed by atoms with van der Waals surface area (Å²) in [6, 6.07) is 0. The lowest BCUT2D eigenvalue weighted by Crippen LogP contribution is -1.96. The second-order valence-corrected chi connectivity index (χ2v) is 4.89. The average molecular weight is 182 g/mol. The van der Waals surface area contributed by atoms with Gasteiger partial charge in [-0.1, -0.05) is 59.3 Å². The molecule has 3 atom stereocenters. The van der Waals surface area contributed by atoms with Crippen LogP contribution in [0.15, 0.2) is 0 Å². The Morgan fingerprint density at radius 2 is 1.92 bits per heavy atom. The SMILES string of the molecule is CCCCCCC1CC1C(C)CC. The van der Waals surface area contributed by atoms with E-state index in [2.05, 4.69) is 20.8 Å². The van der Waals surface area contributed by atoms with E-state index in [0.29, 0.717) is 0 Å². The Kier molecular flexibility index (Phi) is 4.83. The highest BCUT2D eigenvalue weighted by Gasteiger charge is 2.38. The summed E-state index contributed by atoms with van der Waals surface area (Å²) in [5.74, 6) is 3.22. The van der Waals surface area contributed by atoms with E-state index in [9.17, 15) is 0 Å². The molecule has 1 aliphatic rings. The molecule has 1 saturated carbocycles. The Morgan fingerprint density at radius 3 is 2.54 bits per heavy atom. The van der Waals surface area contributed by atoms with Crippen LogP contribution in [0.2, 0.25) is 0 Å². The van der Waals surface area contributed by atoms with Gasteiger partial charge in [0.2, 0.25) is 0 Å². The van der Waals surface area contributed by atoms with E-state index >= 15 is 0 Å². The molecule has 0 radical (unpaired) electrons. The maximum absolute atomic E-state index is 2.43. The van der Waals surface area contributed by atoms with Gasteiger partial charge in [0.15, 0.2) is 0 Å². The Morgan fingerprint density at radius 1 is 1.15 bits per heavy atom. The average Bonchev–Trinajstić information content (AvgIpc) is 2.91. The van der Waals surface area contributed by atoms with E-state index in [4.69, 9.17) is 0 Å². The highest BCUT2D eigenvalue weighted by Crippen LogP contribution is 2.48. The maximum Gasteiger partial charge on any atom is -0.0357 e. The molecule has 1 fully saturated rings. The largest absolute Gasteiger partial charge is 0.0654 e. The van der Waals surface area contributed by atoms with E-state index in [1.165, 1.54) is 38.5 Å². The van der Waals surface area contributed by atoms with Gasteiger partial charge in [-0.15, -0.1) is 0 Å². The zero-order valence-electron chi connectivity index (χ0n) is 9.68. The van der Waals surface area contributed by atoms with Crippen LogP contribution in [0.3, 0.4) is 0 Å². The fourth-order valence-electron chi connectivity index (χ4n) is 2.44. The molecular weight excluding hydrogens is 156 g/mol. The molecule has 1 aliphatic carbocycles. The van der Waals surface area contributed by atoms with Crippen molar-refractivity contribution >= 4 is 0 Å². The molecule has 0 spiro atoms. The number of unbranched alkanes of at least 4 members (excludes halogenated alkanes) is 3. The Hall–Kier alpha value is 0. The van der Waals surface area contributed by atoms with Crippen molar-refractivity contribution in [1.29, 1.82) is 0 Å². The van der Waals surface area contributed by atoms with Gasteiger partial charge >= 0.3 is 0 Å². The molecule has 0 aromatic carbocycles. The molecule has 0 heterocycles. The fourth-order valence-corrected chi connectivity index (χ4v) is 2.44. The van der Waals surface area contributed by atoms with Gasteiger partial charge < -0.3 is 0 Å². The van der Waals surface area contributed by atoms with Crippen molar-refractivity contribution in [2.45, 2.75) is 65.7 Å². The Balaban J connectivity index is 1.95. The summed E-state index contributed by atoms with van der Waals surface area (Å²) in [6.07, 6.45) is 10.2. The zero-order valence-corrected chi connectivity index (χ0v) is 9.68. The minimum atomic E-state index is 0.996. The monoisotopic (exact) mass is 182 g/mol. The number of hydrogen-bond donors (Lipinski definition) is 0.